The second-order valence-electron chi connectivity index (χ2n) is 5.31. The summed E-state index contributed by atoms with van der Waals surface area (Å²) in [4.78, 5) is 24.7. The Bertz CT molecular complexity index is 717. The molecule has 25 heavy (non-hydrogen) atoms. The summed E-state index contributed by atoms with van der Waals surface area (Å²) in [7, 11) is 0. The molecule has 0 heterocycles. The van der Waals surface area contributed by atoms with Gasteiger partial charge in [0.25, 0.3) is 11.8 Å². The van der Waals surface area contributed by atoms with E-state index in [9.17, 15) is 9.59 Å². The number of halogens is 1. The van der Waals surface area contributed by atoms with E-state index in [2.05, 4.69) is 26.6 Å². The molecule has 5 nitrogen and oxygen atoms in total. The third kappa shape index (κ3) is 5.99. The number of hydrogen-bond donors (Lipinski definition) is 2. The number of anilines is 1. The third-order valence-corrected chi connectivity index (χ3v) is 4.01. The van der Waals surface area contributed by atoms with Crippen LogP contribution in [0.15, 0.2) is 53.0 Å². The van der Waals surface area contributed by atoms with Gasteiger partial charge in [-0.25, -0.2) is 0 Å². The fourth-order valence-corrected chi connectivity index (χ4v) is 2.47. The molecule has 0 bridgehead atoms. The quantitative estimate of drug-likeness (QED) is 0.656. The standard InChI is InChI=1S/C19H21BrN2O3/c1-2-25-13-5-12-21-19(24)16-6-3-4-7-17(16)22-18(23)14-8-10-15(20)11-9-14/h3-4,6-11H,2,5,12-13H2,1H3,(H,21,24)(H,22,23). The van der Waals surface area contributed by atoms with Gasteiger partial charge >= 0.3 is 0 Å². The summed E-state index contributed by atoms with van der Waals surface area (Å²) < 4.78 is 6.14. The average Bonchev–Trinajstić information content (AvgIpc) is 2.62. The van der Waals surface area contributed by atoms with Crippen molar-refractivity contribution < 1.29 is 14.3 Å². The van der Waals surface area contributed by atoms with E-state index in [1.807, 2.05) is 6.92 Å². The summed E-state index contributed by atoms with van der Waals surface area (Å²) in [5.74, 6) is -0.479. The van der Waals surface area contributed by atoms with Crippen LogP contribution in [-0.4, -0.2) is 31.6 Å². The van der Waals surface area contributed by atoms with Crippen molar-refractivity contribution >= 4 is 33.4 Å². The molecule has 0 saturated heterocycles. The number of hydrogen-bond acceptors (Lipinski definition) is 3. The van der Waals surface area contributed by atoms with Crippen molar-refractivity contribution in [2.24, 2.45) is 0 Å². The minimum atomic E-state index is -0.260. The molecule has 0 aliphatic rings. The molecule has 0 saturated carbocycles. The van der Waals surface area contributed by atoms with Gasteiger partial charge in [0, 0.05) is 29.8 Å². The molecule has 2 rings (SSSR count). The van der Waals surface area contributed by atoms with Gasteiger partial charge in [-0.15, -0.1) is 0 Å². The fraction of sp³-hybridized carbons (Fsp3) is 0.263. The highest BCUT2D eigenvalue weighted by molar-refractivity contribution is 9.10. The highest BCUT2D eigenvalue weighted by atomic mass is 79.9. The molecule has 2 N–H and O–H groups in total. The Labute approximate surface area is 155 Å². The van der Waals surface area contributed by atoms with Gasteiger partial charge < -0.3 is 15.4 Å². The van der Waals surface area contributed by atoms with Gasteiger partial charge in [0.05, 0.1) is 11.3 Å². The SMILES string of the molecule is CCOCCCNC(=O)c1ccccc1NC(=O)c1ccc(Br)cc1. The number of nitrogens with one attached hydrogen (secondary N) is 2. The lowest BCUT2D eigenvalue weighted by atomic mass is 10.1. The van der Waals surface area contributed by atoms with Crippen LogP contribution in [0.25, 0.3) is 0 Å². The Morgan fingerprint density at radius 2 is 1.76 bits per heavy atom. The Morgan fingerprint density at radius 3 is 2.48 bits per heavy atom. The zero-order chi connectivity index (χ0) is 18.1. The maximum absolute atomic E-state index is 12.4. The minimum absolute atomic E-state index is 0.219. The van der Waals surface area contributed by atoms with E-state index in [1.165, 1.54) is 0 Å². The lowest BCUT2D eigenvalue weighted by Gasteiger charge is -2.11. The minimum Gasteiger partial charge on any atom is -0.382 e. The van der Waals surface area contributed by atoms with Crippen LogP contribution >= 0.6 is 15.9 Å². The van der Waals surface area contributed by atoms with Crippen LogP contribution in [-0.2, 0) is 4.74 Å². The van der Waals surface area contributed by atoms with Gasteiger partial charge in [0.2, 0.25) is 0 Å². The van der Waals surface area contributed by atoms with Crippen molar-refractivity contribution in [2.75, 3.05) is 25.1 Å². The molecular weight excluding hydrogens is 384 g/mol. The maximum Gasteiger partial charge on any atom is 0.255 e. The molecule has 0 aliphatic heterocycles. The third-order valence-electron chi connectivity index (χ3n) is 3.48. The average molecular weight is 405 g/mol. The molecule has 2 aromatic rings. The highest BCUT2D eigenvalue weighted by Gasteiger charge is 2.13. The monoisotopic (exact) mass is 404 g/mol. The van der Waals surface area contributed by atoms with Gasteiger partial charge in [0.15, 0.2) is 0 Å². The second kappa shape index (κ2) is 9.96. The van der Waals surface area contributed by atoms with Crippen molar-refractivity contribution in [3.63, 3.8) is 0 Å². The number of rotatable bonds is 8. The van der Waals surface area contributed by atoms with Crippen molar-refractivity contribution in [2.45, 2.75) is 13.3 Å². The van der Waals surface area contributed by atoms with Crippen LogP contribution in [0.5, 0.6) is 0 Å². The molecule has 0 fully saturated rings. The molecule has 132 valence electrons. The predicted octanol–water partition coefficient (Wildman–Crippen LogP) is 3.86. The molecule has 0 unspecified atom stereocenters. The number of benzene rings is 2. The normalized spacial score (nSPS) is 10.3. The number of carbonyl (C=O) groups is 2. The zero-order valence-corrected chi connectivity index (χ0v) is 15.6. The largest absolute Gasteiger partial charge is 0.382 e. The van der Waals surface area contributed by atoms with E-state index in [0.29, 0.717) is 36.6 Å². The molecular formula is C19H21BrN2O3. The smallest absolute Gasteiger partial charge is 0.255 e. The summed E-state index contributed by atoms with van der Waals surface area (Å²) in [5, 5.41) is 5.64. The maximum atomic E-state index is 12.4. The van der Waals surface area contributed by atoms with Crippen LogP contribution in [0, 0.1) is 0 Å². The Kier molecular flexibility index (Phi) is 7.63. The van der Waals surface area contributed by atoms with Gasteiger partial charge in [-0.2, -0.15) is 0 Å². The van der Waals surface area contributed by atoms with Crippen LogP contribution in [0.2, 0.25) is 0 Å². The first-order valence-electron chi connectivity index (χ1n) is 8.13. The summed E-state index contributed by atoms with van der Waals surface area (Å²) in [5.41, 5.74) is 1.44. The first-order valence-corrected chi connectivity index (χ1v) is 8.93. The van der Waals surface area contributed by atoms with E-state index < -0.39 is 0 Å². The molecule has 0 aliphatic carbocycles. The lowest BCUT2D eigenvalue weighted by molar-refractivity contribution is 0.0945. The van der Waals surface area contributed by atoms with Crippen molar-refractivity contribution in [1.82, 2.24) is 5.32 Å². The first-order chi connectivity index (χ1) is 12.1. The van der Waals surface area contributed by atoms with Crippen molar-refractivity contribution in [3.8, 4) is 0 Å². The molecule has 6 heteroatoms. The van der Waals surface area contributed by atoms with Gasteiger partial charge in [-0.05, 0) is 49.7 Å². The summed E-state index contributed by atoms with van der Waals surface area (Å²) in [6.45, 7) is 3.73. The van der Waals surface area contributed by atoms with Crippen LogP contribution in [0.4, 0.5) is 5.69 Å². The predicted molar refractivity (Wildman–Crippen MR) is 102 cm³/mol. The molecule has 2 amide bonds. The van der Waals surface area contributed by atoms with Crippen molar-refractivity contribution in [1.29, 1.82) is 0 Å². The highest BCUT2D eigenvalue weighted by Crippen LogP contribution is 2.17. The zero-order valence-electron chi connectivity index (χ0n) is 14.0. The van der Waals surface area contributed by atoms with E-state index in [-0.39, 0.29) is 11.8 Å². The summed E-state index contributed by atoms with van der Waals surface area (Å²) in [6.07, 6.45) is 0.743. The molecule has 0 atom stereocenters. The van der Waals surface area contributed by atoms with Gasteiger partial charge in [0.1, 0.15) is 0 Å². The Morgan fingerprint density at radius 1 is 1.04 bits per heavy atom. The van der Waals surface area contributed by atoms with E-state index in [4.69, 9.17) is 4.74 Å². The number of carbonyl (C=O) groups excluding carboxylic acids is 2. The van der Waals surface area contributed by atoms with Crippen LogP contribution < -0.4 is 10.6 Å². The van der Waals surface area contributed by atoms with Crippen molar-refractivity contribution in [3.05, 3.63) is 64.1 Å². The van der Waals surface area contributed by atoms with Crippen LogP contribution in [0.1, 0.15) is 34.1 Å². The Hall–Kier alpha value is -2.18. The number of amides is 2. The number of para-hydroxylation sites is 1. The molecule has 0 radical (unpaired) electrons. The topological polar surface area (TPSA) is 67.4 Å². The first kappa shape index (κ1) is 19.1. The van der Waals surface area contributed by atoms with Gasteiger partial charge in [-0.1, -0.05) is 28.1 Å². The number of ether oxygens (including phenoxy) is 1. The fourth-order valence-electron chi connectivity index (χ4n) is 2.20. The van der Waals surface area contributed by atoms with E-state index in [1.54, 1.807) is 48.5 Å². The lowest BCUT2D eigenvalue weighted by Crippen LogP contribution is -2.26. The van der Waals surface area contributed by atoms with Crippen LogP contribution in [0.3, 0.4) is 0 Å². The molecule has 0 spiro atoms. The summed E-state index contributed by atoms with van der Waals surface area (Å²) in [6, 6.07) is 14.0. The second-order valence-corrected chi connectivity index (χ2v) is 6.23. The van der Waals surface area contributed by atoms with E-state index >= 15 is 0 Å². The molecule has 2 aromatic carbocycles. The van der Waals surface area contributed by atoms with Gasteiger partial charge in [-0.3, -0.25) is 9.59 Å². The van der Waals surface area contributed by atoms with E-state index in [0.717, 1.165) is 10.9 Å². The Balaban J connectivity index is 2.00. The summed E-state index contributed by atoms with van der Waals surface area (Å²) >= 11 is 3.34. The molecule has 0 aromatic heterocycles.